The van der Waals surface area contributed by atoms with Crippen molar-refractivity contribution in [2.45, 2.75) is 27.2 Å². The second-order valence-electron chi connectivity index (χ2n) is 2.68. The molecule has 0 atom stereocenters. The molecule has 0 radical (unpaired) electrons. The quantitative estimate of drug-likeness (QED) is 0.529. The highest BCUT2D eigenvalue weighted by atomic mass is 32.1. The molecule has 44 valence electrons. The van der Waals surface area contributed by atoms with Gasteiger partial charge in [-0.25, -0.2) is 0 Å². The van der Waals surface area contributed by atoms with E-state index in [-0.39, 0.29) is 0 Å². The minimum atomic E-state index is 0.448. The molecule has 0 saturated heterocycles. The average Bonchev–Trinajstić information content (AvgIpc) is 1.68. The monoisotopic (exact) mass is 118 g/mol. The molecule has 0 N–H and O–H groups in total. The summed E-state index contributed by atoms with van der Waals surface area (Å²) in [5.74, 6) is 0.990. The van der Waals surface area contributed by atoms with E-state index in [9.17, 15) is 0 Å². The highest BCUT2D eigenvalue weighted by molar-refractivity contribution is 7.80. The largest absolute Gasteiger partial charge is 0.179 e. The Hall–Kier alpha value is 0.350. The Balaban J connectivity index is 3.36. The Labute approximate surface area is 51.7 Å². The summed E-state index contributed by atoms with van der Waals surface area (Å²) >= 11 is 4.18. The summed E-state index contributed by atoms with van der Waals surface area (Å²) in [4.78, 5) is 0. The Morgan fingerprint density at radius 3 is 1.86 bits per heavy atom. The van der Waals surface area contributed by atoms with E-state index in [0.717, 1.165) is 5.75 Å². The summed E-state index contributed by atoms with van der Waals surface area (Å²) in [6.07, 6.45) is 1.22. The van der Waals surface area contributed by atoms with E-state index in [1.54, 1.807) is 0 Å². The molecule has 0 aliphatic rings. The van der Waals surface area contributed by atoms with E-state index in [0.29, 0.717) is 5.41 Å². The number of thiol groups is 1. The van der Waals surface area contributed by atoms with Crippen LogP contribution in [0.25, 0.3) is 0 Å². The topological polar surface area (TPSA) is 0 Å². The molecule has 0 fully saturated rings. The van der Waals surface area contributed by atoms with Gasteiger partial charge < -0.3 is 0 Å². The zero-order valence-corrected chi connectivity index (χ0v) is 6.26. The van der Waals surface area contributed by atoms with Crippen LogP contribution in [0.2, 0.25) is 0 Å². The first-order valence-electron chi connectivity index (χ1n) is 2.73. The molecule has 0 spiro atoms. The van der Waals surface area contributed by atoms with Gasteiger partial charge in [-0.05, 0) is 11.2 Å². The van der Waals surface area contributed by atoms with E-state index in [1.165, 1.54) is 6.42 Å². The summed E-state index contributed by atoms with van der Waals surface area (Å²) in [6, 6.07) is 0. The fourth-order valence-electron chi connectivity index (χ4n) is 0.112. The Morgan fingerprint density at radius 2 is 1.86 bits per heavy atom. The molecule has 0 rings (SSSR count). The SMILES string of the molecule is CCC(C)(C)CS. The van der Waals surface area contributed by atoms with Crippen molar-refractivity contribution < 1.29 is 0 Å². The Kier molecular flexibility index (Phi) is 2.74. The van der Waals surface area contributed by atoms with Gasteiger partial charge in [-0.2, -0.15) is 12.6 Å². The van der Waals surface area contributed by atoms with E-state index in [1.807, 2.05) is 0 Å². The molecular formula is C6H14S. The van der Waals surface area contributed by atoms with E-state index < -0.39 is 0 Å². The second-order valence-corrected chi connectivity index (χ2v) is 2.99. The number of rotatable bonds is 2. The van der Waals surface area contributed by atoms with Gasteiger partial charge >= 0.3 is 0 Å². The fourth-order valence-corrected chi connectivity index (χ4v) is 0.335. The Morgan fingerprint density at radius 1 is 1.43 bits per heavy atom. The van der Waals surface area contributed by atoms with Gasteiger partial charge in [0.15, 0.2) is 0 Å². The van der Waals surface area contributed by atoms with Gasteiger partial charge in [0, 0.05) is 0 Å². The van der Waals surface area contributed by atoms with E-state index in [2.05, 4.69) is 33.4 Å². The first kappa shape index (κ1) is 7.35. The molecule has 0 aromatic rings. The molecule has 0 aromatic carbocycles. The third kappa shape index (κ3) is 2.98. The molecule has 0 nitrogen and oxygen atoms in total. The van der Waals surface area contributed by atoms with Crippen molar-refractivity contribution in [3.8, 4) is 0 Å². The van der Waals surface area contributed by atoms with E-state index in [4.69, 9.17) is 0 Å². The summed E-state index contributed by atoms with van der Waals surface area (Å²) in [5, 5.41) is 0. The molecule has 0 amide bonds. The smallest absolute Gasteiger partial charge is 0.00465 e. The molecule has 0 aliphatic heterocycles. The fraction of sp³-hybridized carbons (Fsp3) is 1.00. The maximum atomic E-state index is 4.18. The normalized spacial score (nSPS) is 12.0. The summed E-state index contributed by atoms with van der Waals surface area (Å²) in [5.41, 5.74) is 0.448. The molecule has 0 aromatic heterocycles. The zero-order chi connectivity index (χ0) is 5.91. The first-order chi connectivity index (χ1) is 3.12. The second kappa shape index (κ2) is 2.61. The van der Waals surface area contributed by atoms with Gasteiger partial charge in [0.2, 0.25) is 0 Å². The minimum absolute atomic E-state index is 0.448. The summed E-state index contributed by atoms with van der Waals surface area (Å²) in [7, 11) is 0. The van der Waals surface area contributed by atoms with Crippen LogP contribution < -0.4 is 0 Å². The third-order valence-electron chi connectivity index (χ3n) is 1.39. The van der Waals surface area contributed by atoms with Crippen molar-refractivity contribution >= 4 is 12.6 Å². The van der Waals surface area contributed by atoms with Crippen LogP contribution in [0.3, 0.4) is 0 Å². The lowest BCUT2D eigenvalue weighted by atomic mass is 9.93. The summed E-state index contributed by atoms with van der Waals surface area (Å²) < 4.78 is 0. The highest BCUT2D eigenvalue weighted by Crippen LogP contribution is 2.19. The molecule has 0 unspecified atom stereocenters. The lowest BCUT2D eigenvalue weighted by Crippen LogP contribution is -2.10. The van der Waals surface area contributed by atoms with Crippen LogP contribution >= 0.6 is 12.6 Å². The lowest BCUT2D eigenvalue weighted by Gasteiger charge is -2.17. The van der Waals surface area contributed by atoms with Crippen LogP contribution in [-0.2, 0) is 0 Å². The minimum Gasteiger partial charge on any atom is -0.179 e. The average molecular weight is 118 g/mol. The van der Waals surface area contributed by atoms with Crippen molar-refractivity contribution in [1.29, 1.82) is 0 Å². The molecule has 1 heteroatoms. The van der Waals surface area contributed by atoms with Crippen molar-refractivity contribution in [2.24, 2.45) is 5.41 Å². The van der Waals surface area contributed by atoms with Crippen LogP contribution in [0.15, 0.2) is 0 Å². The zero-order valence-electron chi connectivity index (χ0n) is 5.36. The molecular weight excluding hydrogens is 104 g/mol. The molecule has 0 saturated carbocycles. The molecule has 7 heavy (non-hydrogen) atoms. The van der Waals surface area contributed by atoms with Gasteiger partial charge in [0.05, 0.1) is 0 Å². The maximum absolute atomic E-state index is 4.18. The van der Waals surface area contributed by atoms with Crippen molar-refractivity contribution in [1.82, 2.24) is 0 Å². The van der Waals surface area contributed by atoms with Crippen LogP contribution in [0.1, 0.15) is 27.2 Å². The van der Waals surface area contributed by atoms with Crippen LogP contribution in [-0.4, -0.2) is 5.75 Å². The van der Waals surface area contributed by atoms with Gasteiger partial charge in [0.1, 0.15) is 0 Å². The van der Waals surface area contributed by atoms with Gasteiger partial charge in [0.25, 0.3) is 0 Å². The predicted molar refractivity (Wildman–Crippen MR) is 37.9 cm³/mol. The van der Waals surface area contributed by atoms with Crippen molar-refractivity contribution in [2.75, 3.05) is 5.75 Å². The molecule has 0 aliphatic carbocycles. The lowest BCUT2D eigenvalue weighted by molar-refractivity contribution is 0.409. The number of hydrogen-bond acceptors (Lipinski definition) is 1. The number of hydrogen-bond donors (Lipinski definition) is 1. The van der Waals surface area contributed by atoms with Crippen LogP contribution in [0, 0.1) is 5.41 Å². The maximum Gasteiger partial charge on any atom is -0.00465 e. The Bertz CT molecular complexity index is 42.1. The van der Waals surface area contributed by atoms with E-state index >= 15 is 0 Å². The predicted octanol–water partition coefficient (Wildman–Crippen LogP) is 2.35. The van der Waals surface area contributed by atoms with Crippen LogP contribution in [0.5, 0.6) is 0 Å². The first-order valence-corrected chi connectivity index (χ1v) is 3.36. The van der Waals surface area contributed by atoms with Gasteiger partial charge in [-0.15, -0.1) is 0 Å². The van der Waals surface area contributed by atoms with Gasteiger partial charge in [-0.3, -0.25) is 0 Å². The highest BCUT2D eigenvalue weighted by Gasteiger charge is 2.10. The summed E-state index contributed by atoms with van der Waals surface area (Å²) in [6.45, 7) is 6.64. The van der Waals surface area contributed by atoms with Gasteiger partial charge in [-0.1, -0.05) is 27.2 Å². The third-order valence-corrected chi connectivity index (χ3v) is 2.24. The van der Waals surface area contributed by atoms with Crippen molar-refractivity contribution in [3.05, 3.63) is 0 Å². The molecule has 0 heterocycles. The standard InChI is InChI=1S/C6H14S/c1-4-6(2,3)5-7/h7H,4-5H2,1-3H3. The molecule has 0 bridgehead atoms. The van der Waals surface area contributed by atoms with Crippen LogP contribution in [0.4, 0.5) is 0 Å². The van der Waals surface area contributed by atoms with Crippen molar-refractivity contribution in [3.63, 3.8) is 0 Å².